The summed E-state index contributed by atoms with van der Waals surface area (Å²) in [6.07, 6.45) is 1.01. The van der Waals surface area contributed by atoms with E-state index < -0.39 is 0 Å². The molecule has 0 atom stereocenters. The highest BCUT2D eigenvalue weighted by Crippen LogP contribution is 2.38. The highest BCUT2D eigenvalue weighted by molar-refractivity contribution is 9.25. The van der Waals surface area contributed by atoms with Crippen molar-refractivity contribution in [3.8, 4) is 0 Å². The second-order valence-corrected chi connectivity index (χ2v) is 6.76. The Bertz CT molecular complexity index is 172. The second kappa shape index (κ2) is 2.86. The Morgan fingerprint density at radius 3 is 2.40 bits per heavy atom. The molecule has 58 valence electrons. The molecule has 0 amide bonds. The normalized spacial score (nSPS) is 24.4. The van der Waals surface area contributed by atoms with E-state index in [1.54, 1.807) is 0 Å². The zero-order valence-corrected chi connectivity index (χ0v) is 9.25. The molecule has 0 N–H and O–H groups in total. The van der Waals surface area contributed by atoms with E-state index in [1.165, 1.54) is 5.57 Å². The van der Waals surface area contributed by atoms with Gasteiger partial charge in [-0.25, -0.2) is 0 Å². The molecule has 0 aromatic carbocycles. The highest BCUT2D eigenvalue weighted by atomic mass is 79.9. The van der Waals surface area contributed by atoms with Crippen LogP contribution in [0.4, 0.5) is 0 Å². The van der Waals surface area contributed by atoms with Crippen molar-refractivity contribution in [3.05, 3.63) is 11.3 Å². The van der Waals surface area contributed by atoms with E-state index in [4.69, 9.17) is 4.74 Å². The van der Waals surface area contributed by atoms with Gasteiger partial charge in [-0.1, -0.05) is 31.9 Å². The summed E-state index contributed by atoms with van der Waals surface area (Å²) in [5, 5.41) is 0. The molecule has 0 unspecified atom stereocenters. The number of allylic oxidation sites excluding steroid dienone is 2. The first-order valence-corrected chi connectivity index (χ1v) is 4.77. The molecule has 3 heteroatoms. The van der Waals surface area contributed by atoms with Crippen molar-refractivity contribution in [2.24, 2.45) is 0 Å². The van der Waals surface area contributed by atoms with Crippen molar-refractivity contribution in [2.75, 3.05) is 6.61 Å². The maximum Gasteiger partial charge on any atom is 0.118 e. The van der Waals surface area contributed by atoms with Crippen molar-refractivity contribution >= 4 is 31.9 Å². The van der Waals surface area contributed by atoms with Crippen LogP contribution in [0.1, 0.15) is 20.3 Å². The maximum absolute atomic E-state index is 5.39. The first-order valence-electron chi connectivity index (χ1n) is 3.18. The standard InChI is InChI=1S/C7H10Br2O/c1-5-3-7(8,9)4-10-6(5)2/h3-4H2,1-2H3. The smallest absolute Gasteiger partial charge is 0.118 e. The molecule has 1 aliphatic rings. The minimum atomic E-state index is -0.0242. The van der Waals surface area contributed by atoms with E-state index in [9.17, 15) is 0 Å². The Kier molecular flexibility index (Phi) is 2.46. The molecule has 0 aromatic rings. The van der Waals surface area contributed by atoms with Crippen molar-refractivity contribution < 1.29 is 4.74 Å². The van der Waals surface area contributed by atoms with Crippen LogP contribution in [0.5, 0.6) is 0 Å². The van der Waals surface area contributed by atoms with Crippen LogP contribution in [0.3, 0.4) is 0 Å². The lowest BCUT2D eigenvalue weighted by atomic mass is 10.1. The van der Waals surface area contributed by atoms with Gasteiger partial charge in [-0.05, 0) is 19.4 Å². The van der Waals surface area contributed by atoms with Crippen LogP contribution >= 0.6 is 31.9 Å². The van der Waals surface area contributed by atoms with Crippen molar-refractivity contribution in [1.82, 2.24) is 0 Å². The summed E-state index contributed by atoms with van der Waals surface area (Å²) in [5.41, 5.74) is 1.31. The average Bonchev–Trinajstić information content (AvgIpc) is 1.79. The average molecular weight is 270 g/mol. The summed E-state index contributed by atoms with van der Waals surface area (Å²) in [6.45, 7) is 4.80. The van der Waals surface area contributed by atoms with Crippen LogP contribution in [0, 0.1) is 0 Å². The van der Waals surface area contributed by atoms with Crippen molar-refractivity contribution in [3.63, 3.8) is 0 Å². The SMILES string of the molecule is CC1=C(C)OCC(Br)(Br)C1. The number of hydrogen-bond acceptors (Lipinski definition) is 1. The van der Waals surface area contributed by atoms with Crippen LogP contribution in [0.25, 0.3) is 0 Å². The summed E-state index contributed by atoms with van der Waals surface area (Å²) >= 11 is 7.04. The molecule has 0 saturated carbocycles. The molecule has 0 aromatic heterocycles. The molecule has 1 rings (SSSR count). The molecule has 1 aliphatic heterocycles. The Labute approximate surface area is 78.1 Å². The molecule has 0 bridgehead atoms. The minimum Gasteiger partial charge on any atom is -0.496 e. The van der Waals surface area contributed by atoms with Gasteiger partial charge in [0.05, 0.1) is 5.76 Å². The van der Waals surface area contributed by atoms with Crippen molar-refractivity contribution in [1.29, 1.82) is 0 Å². The van der Waals surface area contributed by atoms with Crippen LogP contribution in [0.15, 0.2) is 11.3 Å². The van der Waals surface area contributed by atoms with E-state index in [-0.39, 0.29) is 3.23 Å². The Morgan fingerprint density at radius 2 is 2.00 bits per heavy atom. The zero-order valence-electron chi connectivity index (χ0n) is 6.08. The second-order valence-electron chi connectivity index (χ2n) is 2.66. The fourth-order valence-electron chi connectivity index (χ4n) is 0.900. The first kappa shape index (κ1) is 8.60. The van der Waals surface area contributed by atoms with E-state index in [1.807, 2.05) is 6.92 Å². The number of halogens is 2. The number of rotatable bonds is 0. The van der Waals surface area contributed by atoms with Gasteiger partial charge in [-0.2, -0.15) is 0 Å². The molecular formula is C7H10Br2O. The van der Waals surface area contributed by atoms with Gasteiger partial charge in [0.2, 0.25) is 0 Å². The molecule has 0 fully saturated rings. The summed E-state index contributed by atoms with van der Waals surface area (Å²) in [6, 6.07) is 0. The third kappa shape index (κ3) is 1.99. The fourth-order valence-corrected chi connectivity index (χ4v) is 1.97. The summed E-state index contributed by atoms with van der Waals surface area (Å²) in [5.74, 6) is 1.06. The summed E-state index contributed by atoms with van der Waals surface area (Å²) < 4.78 is 5.37. The lowest BCUT2D eigenvalue weighted by Gasteiger charge is -2.27. The van der Waals surface area contributed by atoms with Gasteiger partial charge in [0, 0.05) is 6.42 Å². The predicted octanol–water partition coefficient (Wildman–Crippen LogP) is 3.19. The molecule has 0 radical (unpaired) electrons. The van der Waals surface area contributed by atoms with Gasteiger partial charge >= 0.3 is 0 Å². The van der Waals surface area contributed by atoms with Crippen LogP contribution in [-0.2, 0) is 4.74 Å². The van der Waals surface area contributed by atoms with E-state index in [2.05, 4.69) is 38.8 Å². The van der Waals surface area contributed by atoms with E-state index in [0.717, 1.165) is 12.2 Å². The van der Waals surface area contributed by atoms with Crippen LogP contribution in [0.2, 0.25) is 0 Å². The van der Waals surface area contributed by atoms with Crippen molar-refractivity contribution in [2.45, 2.75) is 23.5 Å². The van der Waals surface area contributed by atoms with Crippen LogP contribution < -0.4 is 0 Å². The molecule has 1 nitrogen and oxygen atoms in total. The zero-order chi connectivity index (χ0) is 7.78. The predicted molar refractivity (Wildman–Crippen MR) is 49.5 cm³/mol. The summed E-state index contributed by atoms with van der Waals surface area (Å²) in [4.78, 5) is 0. The number of hydrogen-bond donors (Lipinski definition) is 0. The number of ether oxygens (including phenoxy) is 1. The quantitative estimate of drug-likeness (QED) is 0.614. The minimum absolute atomic E-state index is 0.0242. The lowest BCUT2D eigenvalue weighted by Crippen LogP contribution is -2.24. The van der Waals surface area contributed by atoms with E-state index in [0.29, 0.717) is 6.61 Å². The summed E-state index contributed by atoms with van der Waals surface area (Å²) in [7, 11) is 0. The fraction of sp³-hybridized carbons (Fsp3) is 0.714. The van der Waals surface area contributed by atoms with Crippen LogP contribution in [-0.4, -0.2) is 9.84 Å². The molecule has 0 spiro atoms. The van der Waals surface area contributed by atoms with Gasteiger partial charge in [-0.15, -0.1) is 0 Å². The Hall–Kier alpha value is 0.500. The van der Waals surface area contributed by atoms with Gasteiger partial charge in [-0.3, -0.25) is 0 Å². The van der Waals surface area contributed by atoms with Gasteiger partial charge in [0.25, 0.3) is 0 Å². The largest absolute Gasteiger partial charge is 0.496 e. The molecule has 1 heterocycles. The topological polar surface area (TPSA) is 9.23 Å². The van der Waals surface area contributed by atoms with Gasteiger partial charge in [0.15, 0.2) is 0 Å². The Morgan fingerprint density at radius 1 is 1.40 bits per heavy atom. The molecule has 0 aliphatic carbocycles. The maximum atomic E-state index is 5.39. The molecular weight excluding hydrogens is 260 g/mol. The lowest BCUT2D eigenvalue weighted by molar-refractivity contribution is 0.189. The van der Waals surface area contributed by atoms with Gasteiger partial charge in [0.1, 0.15) is 9.84 Å². The first-order chi connectivity index (χ1) is 4.51. The molecule has 10 heavy (non-hydrogen) atoms. The molecule has 0 saturated heterocycles. The third-order valence-electron chi connectivity index (χ3n) is 1.62. The van der Waals surface area contributed by atoms with Gasteiger partial charge < -0.3 is 4.74 Å². The monoisotopic (exact) mass is 268 g/mol. The third-order valence-corrected chi connectivity index (χ3v) is 2.64. The van der Waals surface area contributed by atoms with E-state index >= 15 is 0 Å². The highest BCUT2D eigenvalue weighted by Gasteiger charge is 2.28. The number of alkyl halides is 2. The Balaban J connectivity index is 2.72.